The summed E-state index contributed by atoms with van der Waals surface area (Å²) in [4.78, 5) is 27.7. The Hall–Kier alpha value is -2.56. The van der Waals surface area contributed by atoms with E-state index in [1.807, 2.05) is 6.92 Å². The summed E-state index contributed by atoms with van der Waals surface area (Å²) in [5.74, 6) is -0.245. The third-order valence-corrected chi connectivity index (χ3v) is 2.76. The second kappa shape index (κ2) is 5.39. The van der Waals surface area contributed by atoms with Gasteiger partial charge in [0.15, 0.2) is 0 Å². The molecule has 0 fully saturated rings. The van der Waals surface area contributed by atoms with Gasteiger partial charge in [0.1, 0.15) is 5.69 Å². The van der Waals surface area contributed by atoms with Gasteiger partial charge in [0.25, 0.3) is 5.91 Å². The van der Waals surface area contributed by atoms with Gasteiger partial charge in [-0.05, 0) is 37.3 Å². The zero-order valence-corrected chi connectivity index (χ0v) is 10.6. The van der Waals surface area contributed by atoms with Crippen LogP contribution in [0.1, 0.15) is 17.4 Å². The largest absolute Gasteiger partial charge is 0.399 e. The number of carbonyl (C=O) groups is 1. The number of nitrogens with two attached hydrogens (primary N) is 1. The van der Waals surface area contributed by atoms with E-state index < -0.39 is 0 Å². The van der Waals surface area contributed by atoms with Gasteiger partial charge in [-0.15, -0.1) is 0 Å². The van der Waals surface area contributed by atoms with Crippen LogP contribution in [-0.2, 0) is 0 Å². The number of nitrogens with one attached hydrogen (secondary N) is 1. The predicted octanol–water partition coefficient (Wildman–Crippen LogP) is 1.62. The molecule has 5 heteroatoms. The highest BCUT2D eigenvalue weighted by atomic mass is 16.2. The van der Waals surface area contributed by atoms with Crippen LogP contribution in [-0.4, -0.2) is 17.4 Å². The number of nitrogens with zero attached hydrogens (tertiary/aromatic N) is 1. The Morgan fingerprint density at radius 2 is 1.89 bits per heavy atom. The smallest absolute Gasteiger partial charge is 0.274 e. The van der Waals surface area contributed by atoms with E-state index in [1.54, 1.807) is 41.3 Å². The molecular formula is C14H15N3O2. The van der Waals surface area contributed by atoms with Crippen molar-refractivity contribution in [2.45, 2.75) is 6.92 Å². The van der Waals surface area contributed by atoms with E-state index in [0.717, 1.165) is 5.69 Å². The maximum Gasteiger partial charge on any atom is 0.274 e. The molecule has 5 nitrogen and oxygen atoms in total. The SMILES string of the molecule is CCN(C(=O)c1cccc(=O)[nH]1)c1ccc(N)cc1. The molecule has 0 saturated heterocycles. The number of pyridine rings is 1. The maximum atomic E-state index is 12.3. The van der Waals surface area contributed by atoms with Gasteiger partial charge in [-0.1, -0.05) is 6.07 Å². The summed E-state index contributed by atoms with van der Waals surface area (Å²) in [5, 5.41) is 0. The number of benzene rings is 1. The topological polar surface area (TPSA) is 79.2 Å². The number of aromatic nitrogens is 1. The number of carbonyl (C=O) groups excluding carboxylic acids is 1. The third-order valence-electron chi connectivity index (χ3n) is 2.76. The molecule has 1 aromatic heterocycles. The molecule has 0 saturated carbocycles. The monoisotopic (exact) mass is 257 g/mol. The first-order valence-corrected chi connectivity index (χ1v) is 5.98. The second-order valence-electron chi connectivity index (χ2n) is 4.07. The van der Waals surface area contributed by atoms with E-state index >= 15 is 0 Å². The number of hydrogen-bond donors (Lipinski definition) is 2. The molecule has 2 aromatic rings. The summed E-state index contributed by atoms with van der Waals surface area (Å²) in [6.45, 7) is 2.37. The van der Waals surface area contributed by atoms with E-state index in [-0.39, 0.29) is 17.2 Å². The van der Waals surface area contributed by atoms with Crippen molar-refractivity contribution >= 4 is 17.3 Å². The summed E-state index contributed by atoms with van der Waals surface area (Å²) in [5.41, 5.74) is 6.98. The van der Waals surface area contributed by atoms with Crippen molar-refractivity contribution < 1.29 is 4.79 Å². The average Bonchev–Trinajstić information content (AvgIpc) is 2.41. The highest BCUT2D eigenvalue weighted by Gasteiger charge is 2.16. The molecule has 1 amide bonds. The van der Waals surface area contributed by atoms with Crippen molar-refractivity contribution in [2.24, 2.45) is 0 Å². The second-order valence-corrected chi connectivity index (χ2v) is 4.07. The number of hydrogen-bond acceptors (Lipinski definition) is 3. The first kappa shape index (κ1) is 12.9. The van der Waals surface area contributed by atoms with Gasteiger partial charge in [-0.25, -0.2) is 0 Å². The fraction of sp³-hybridized carbons (Fsp3) is 0.143. The first-order chi connectivity index (χ1) is 9.11. The van der Waals surface area contributed by atoms with Crippen molar-refractivity contribution in [3.8, 4) is 0 Å². The fourth-order valence-electron chi connectivity index (χ4n) is 1.82. The summed E-state index contributed by atoms with van der Waals surface area (Å²) in [7, 11) is 0. The van der Waals surface area contributed by atoms with Gasteiger partial charge < -0.3 is 15.6 Å². The van der Waals surface area contributed by atoms with E-state index in [0.29, 0.717) is 12.2 Å². The lowest BCUT2D eigenvalue weighted by Gasteiger charge is -2.20. The van der Waals surface area contributed by atoms with Crippen LogP contribution in [0.2, 0.25) is 0 Å². The van der Waals surface area contributed by atoms with Crippen LogP contribution < -0.4 is 16.2 Å². The Morgan fingerprint density at radius 1 is 1.21 bits per heavy atom. The van der Waals surface area contributed by atoms with Crippen molar-refractivity contribution in [3.05, 3.63) is 58.5 Å². The zero-order valence-electron chi connectivity index (χ0n) is 10.6. The van der Waals surface area contributed by atoms with E-state index in [4.69, 9.17) is 5.73 Å². The van der Waals surface area contributed by atoms with Crippen LogP contribution in [0.25, 0.3) is 0 Å². The summed E-state index contributed by atoms with van der Waals surface area (Å²) < 4.78 is 0. The molecule has 19 heavy (non-hydrogen) atoms. The number of nitrogen functional groups attached to an aromatic ring is 1. The van der Waals surface area contributed by atoms with Crippen LogP contribution in [0.15, 0.2) is 47.3 Å². The minimum Gasteiger partial charge on any atom is -0.399 e. The maximum absolute atomic E-state index is 12.3. The molecule has 98 valence electrons. The van der Waals surface area contributed by atoms with Gasteiger partial charge in [0.2, 0.25) is 5.56 Å². The summed E-state index contributed by atoms with van der Waals surface area (Å²) in [6, 6.07) is 11.5. The molecule has 1 aromatic carbocycles. The third kappa shape index (κ3) is 2.82. The predicted molar refractivity (Wildman–Crippen MR) is 75.3 cm³/mol. The van der Waals surface area contributed by atoms with Crippen molar-refractivity contribution in [1.29, 1.82) is 0 Å². The lowest BCUT2D eigenvalue weighted by molar-refractivity contribution is 0.0983. The van der Waals surface area contributed by atoms with Crippen LogP contribution in [0.4, 0.5) is 11.4 Å². The van der Waals surface area contributed by atoms with Crippen LogP contribution in [0.3, 0.4) is 0 Å². The number of aromatic amines is 1. The average molecular weight is 257 g/mol. The Bertz CT molecular complexity index is 632. The molecule has 0 atom stereocenters. The van der Waals surface area contributed by atoms with Crippen molar-refractivity contribution in [3.63, 3.8) is 0 Å². The van der Waals surface area contributed by atoms with Crippen LogP contribution in [0.5, 0.6) is 0 Å². The number of amides is 1. The Morgan fingerprint density at radius 3 is 2.47 bits per heavy atom. The molecule has 1 heterocycles. The molecule has 0 radical (unpaired) electrons. The normalized spacial score (nSPS) is 10.2. The number of anilines is 2. The summed E-state index contributed by atoms with van der Waals surface area (Å²) >= 11 is 0. The standard InChI is InChI=1S/C14H15N3O2/c1-2-17(11-8-6-10(15)7-9-11)14(19)12-4-3-5-13(18)16-12/h3-9H,2,15H2,1H3,(H,16,18). The fourth-order valence-corrected chi connectivity index (χ4v) is 1.82. The minimum atomic E-state index is -0.292. The van der Waals surface area contributed by atoms with Gasteiger partial charge in [-0.3, -0.25) is 9.59 Å². The lowest BCUT2D eigenvalue weighted by Crippen LogP contribution is -2.32. The molecule has 0 spiro atoms. The van der Waals surface area contributed by atoms with Gasteiger partial charge in [-0.2, -0.15) is 0 Å². The van der Waals surface area contributed by atoms with E-state index in [9.17, 15) is 9.59 Å². The quantitative estimate of drug-likeness (QED) is 0.820. The molecular weight excluding hydrogens is 242 g/mol. The van der Waals surface area contributed by atoms with Gasteiger partial charge >= 0.3 is 0 Å². The zero-order chi connectivity index (χ0) is 13.8. The Balaban J connectivity index is 2.34. The first-order valence-electron chi connectivity index (χ1n) is 5.98. The molecule has 0 bridgehead atoms. The van der Waals surface area contributed by atoms with Crippen molar-refractivity contribution in [2.75, 3.05) is 17.2 Å². The Kier molecular flexibility index (Phi) is 3.66. The molecule has 0 aliphatic rings. The summed E-state index contributed by atoms with van der Waals surface area (Å²) in [6.07, 6.45) is 0. The highest BCUT2D eigenvalue weighted by Crippen LogP contribution is 2.17. The molecule has 0 aliphatic carbocycles. The minimum absolute atomic E-state index is 0.245. The van der Waals surface area contributed by atoms with Gasteiger partial charge in [0, 0.05) is 24.0 Å². The van der Waals surface area contributed by atoms with E-state index in [1.165, 1.54) is 6.07 Å². The highest BCUT2D eigenvalue weighted by molar-refractivity contribution is 6.04. The van der Waals surface area contributed by atoms with Gasteiger partial charge in [0.05, 0.1) is 0 Å². The molecule has 0 unspecified atom stereocenters. The Labute approximate surface area is 110 Å². The number of H-pyrrole nitrogens is 1. The van der Waals surface area contributed by atoms with Crippen LogP contribution in [0, 0.1) is 0 Å². The number of rotatable bonds is 3. The van der Waals surface area contributed by atoms with Crippen LogP contribution >= 0.6 is 0 Å². The molecule has 0 aliphatic heterocycles. The van der Waals surface area contributed by atoms with Crippen molar-refractivity contribution in [1.82, 2.24) is 4.98 Å². The molecule has 3 N–H and O–H groups in total. The lowest BCUT2D eigenvalue weighted by atomic mass is 10.2. The van der Waals surface area contributed by atoms with E-state index in [2.05, 4.69) is 4.98 Å². The molecule has 2 rings (SSSR count).